The number of benzene rings is 1. The third-order valence-electron chi connectivity index (χ3n) is 5.09. The molecule has 3 rings (SSSR count). The highest BCUT2D eigenvalue weighted by molar-refractivity contribution is 7.10. The van der Waals surface area contributed by atoms with Crippen LogP contribution in [0.25, 0.3) is 0 Å². The van der Waals surface area contributed by atoms with Crippen molar-refractivity contribution in [3.8, 4) is 0 Å². The first-order chi connectivity index (χ1) is 16.2. The van der Waals surface area contributed by atoms with E-state index >= 15 is 0 Å². The average Bonchev–Trinajstić information content (AvgIpc) is 3.43. The number of carbonyl (C=O) groups is 3. The van der Waals surface area contributed by atoms with Gasteiger partial charge < -0.3 is 21.7 Å². The van der Waals surface area contributed by atoms with Crippen molar-refractivity contribution in [2.75, 3.05) is 12.3 Å². The van der Waals surface area contributed by atoms with E-state index < -0.39 is 17.9 Å². The third kappa shape index (κ3) is 6.13. The fourth-order valence-corrected chi connectivity index (χ4v) is 4.90. The number of carbonyl (C=O) groups excluding carboxylic acids is 3. The van der Waals surface area contributed by atoms with Crippen LogP contribution in [-0.4, -0.2) is 33.5 Å². The quantitative estimate of drug-likeness (QED) is 0.371. The lowest BCUT2D eigenvalue weighted by molar-refractivity contribution is -0.126. The summed E-state index contributed by atoms with van der Waals surface area (Å²) in [6, 6.07) is 9.57. The van der Waals surface area contributed by atoms with E-state index in [1.807, 2.05) is 17.5 Å². The van der Waals surface area contributed by atoms with Gasteiger partial charge >= 0.3 is 0 Å². The summed E-state index contributed by atoms with van der Waals surface area (Å²) in [5, 5.41) is 5.36. The number of aromatic nitrogens is 1. The summed E-state index contributed by atoms with van der Waals surface area (Å²) in [4.78, 5) is 41.2. The fraction of sp³-hybridized carbons (Fsp3) is 0.304. The molecule has 34 heavy (non-hydrogen) atoms. The van der Waals surface area contributed by atoms with E-state index in [1.54, 1.807) is 24.3 Å². The molecule has 0 spiro atoms. The first-order valence-corrected chi connectivity index (χ1v) is 12.6. The van der Waals surface area contributed by atoms with Gasteiger partial charge in [0.15, 0.2) is 5.69 Å². The zero-order valence-corrected chi connectivity index (χ0v) is 21.2. The summed E-state index contributed by atoms with van der Waals surface area (Å²) in [6.07, 6.45) is 0.793. The minimum atomic E-state index is -0.961. The fourth-order valence-electron chi connectivity index (χ4n) is 3.31. The molecule has 5 N–H and O–H groups in total. The number of nitrogen functional groups attached to an aromatic ring is 1. The third-order valence-corrected chi connectivity index (χ3v) is 7.05. The highest BCUT2D eigenvalue weighted by Gasteiger charge is 2.35. The molecule has 2 aromatic heterocycles. The second-order valence-electron chi connectivity index (χ2n) is 8.08. The van der Waals surface area contributed by atoms with Crippen molar-refractivity contribution >= 4 is 57.9 Å². The molecule has 0 saturated heterocycles. The number of nitrogens with zero attached hydrogens (tertiary/aromatic N) is 2. The van der Waals surface area contributed by atoms with Crippen molar-refractivity contribution < 1.29 is 14.4 Å². The van der Waals surface area contributed by atoms with E-state index in [9.17, 15) is 14.4 Å². The van der Waals surface area contributed by atoms with E-state index in [2.05, 4.69) is 23.5 Å². The molecular formula is C23H26ClN5O3S2. The van der Waals surface area contributed by atoms with E-state index in [4.69, 9.17) is 23.1 Å². The molecule has 11 heteroatoms. The molecule has 3 amide bonds. The zero-order chi connectivity index (χ0) is 24.8. The molecule has 0 saturated carbocycles. The lowest BCUT2D eigenvalue weighted by Crippen LogP contribution is -2.43. The van der Waals surface area contributed by atoms with Gasteiger partial charge in [-0.2, -0.15) is 4.37 Å². The maximum Gasteiger partial charge on any atom is 0.270 e. The minimum Gasteiger partial charge on any atom is -0.395 e. The second-order valence-corrected chi connectivity index (χ2v) is 10.3. The Labute approximate surface area is 211 Å². The summed E-state index contributed by atoms with van der Waals surface area (Å²) in [6.45, 7) is 4.76. The molecule has 0 unspecified atom stereocenters. The number of primary amides is 1. The normalized spacial score (nSPS) is 11.9. The summed E-state index contributed by atoms with van der Waals surface area (Å²) in [5.74, 6) is -1.26. The van der Waals surface area contributed by atoms with E-state index in [-0.39, 0.29) is 28.7 Å². The summed E-state index contributed by atoms with van der Waals surface area (Å²) in [5.41, 5.74) is 11.7. The Balaban J connectivity index is 2.05. The Hall–Kier alpha value is -2.95. The monoisotopic (exact) mass is 519 g/mol. The van der Waals surface area contributed by atoms with E-state index in [0.717, 1.165) is 22.8 Å². The Kier molecular flexibility index (Phi) is 8.65. The topological polar surface area (TPSA) is 131 Å². The van der Waals surface area contributed by atoms with Crippen LogP contribution in [0.3, 0.4) is 0 Å². The van der Waals surface area contributed by atoms with Crippen molar-refractivity contribution in [3.05, 3.63) is 67.8 Å². The van der Waals surface area contributed by atoms with E-state index in [0.29, 0.717) is 23.0 Å². The van der Waals surface area contributed by atoms with Crippen molar-refractivity contribution in [3.63, 3.8) is 0 Å². The van der Waals surface area contributed by atoms with Gasteiger partial charge in [-0.25, -0.2) is 0 Å². The molecule has 1 aromatic carbocycles. The number of amides is 3. The lowest BCUT2D eigenvalue weighted by atomic mass is 10.0. The highest BCUT2D eigenvalue weighted by atomic mass is 35.5. The lowest BCUT2D eigenvalue weighted by Gasteiger charge is -2.31. The first-order valence-electron chi connectivity index (χ1n) is 10.6. The molecule has 2 heterocycles. The van der Waals surface area contributed by atoms with Gasteiger partial charge in [-0.3, -0.25) is 14.4 Å². The van der Waals surface area contributed by atoms with Gasteiger partial charge in [0, 0.05) is 16.4 Å². The van der Waals surface area contributed by atoms with Gasteiger partial charge in [-0.1, -0.05) is 43.6 Å². The van der Waals surface area contributed by atoms with Crippen LogP contribution in [0, 0.1) is 5.92 Å². The molecule has 1 atom stereocenters. The van der Waals surface area contributed by atoms with Gasteiger partial charge in [-0.15, -0.1) is 11.3 Å². The number of nitrogens with two attached hydrogens (primary N) is 2. The van der Waals surface area contributed by atoms with Crippen molar-refractivity contribution in [2.24, 2.45) is 11.7 Å². The minimum absolute atomic E-state index is 0.0549. The standard InChI is InChI=1S/C23H26ClN5O3S2/c1-13(2)9-10-27-22(31)19(14-5-7-15(24)8-6-14)29(12-16-4-3-11-33-16)23(32)20-17(25)18(21(26)30)28-34-20/h3-8,11,13,19H,9-10,12,25H2,1-2H3,(H2,26,30)(H,27,31)/t19-/m0/s1. The summed E-state index contributed by atoms with van der Waals surface area (Å²) in [7, 11) is 0. The van der Waals surface area contributed by atoms with Gasteiger partial charge in [0.1, 0.15) is 10.9 Å². The Morgan fingerprint density at radius 2 is 1.88 bits per heavy atom. The molecule has 180 valence electrons. The largest absolute Gasteiger partial charge is 0.395 e. The Bertz CT molecular complexity index is 1150. The molecular weight excluding hydrogens is 494 g/mol. The smallest absolute Gasteiger partial charge is 0.270 e. The molecule has 0 bridgehead atoms. The number of anilines is 1. The second kappa shape index (κ2) is 11.5. The van der Waals surface area contributed by atoms with E-state index in [1.165, 1.54) is 16.2 Å². The number of hydrogen-bond donors (Lipinski definition) is 3. The molecule has 8 nitrogen and oxygen atoms in total. The van der Waals surface area contributed by atoms with Crippen LogP contribution in [0.15, 0.2) is 41.8 Å². The number of thiophene rings is 1. The number of nitrogens with one attached hydrogen (secondary N) is 1. The summed E-state index contributed by atoms with van der Waals surface area (Å²) >= 11 is 8.32. The SMILES string of the molecule is CC(C)CCNC(=O)[C@H](c1ccc(Cl)cc1)N(Cc1cccs1)C(=O)c1snc(C(N)=O)c1N. The van der Waals surface area contributed by atoms with Crippen LogP contribution in [0.2, 0.25) is 5.02 Å². The van der Waals surface area contributed by atoms with Crippen LogP contribution < -0.4 is 16.8 Å². The molecule has 0 aliphatic rings. The van der Waals surface area contributed by atoms with Crippen LogP contribution >= 0.6 is 34.5 Å². The highest BCUT2D eigenvalue weighted by Crippen LogP contribution is 2.31. The zero-order valence-electron chi connectivity index (χ0n) is 18.8. The van der Waals surface area contributed by atoms with Crippen molar-refractivity contribution in [1.82, 2.24) is 14.6 Å². The number of halogens is 1. The molecule has 0 fully saturated rings. The molecule has 0 radical (unpaired) electrons. The van der Waals surface area contributed by atoms with Gasteiger partial charge in [-0.05, 0) is 53.0 Å². The average molecular weight is 520 g/mol. The first kappa shape index (κ1) is 25.7. The Morgan fingerprint density at radius 1 is 1.18 bits per heavy atom. The molecule has 0 aliphatic carbocycles. The Morgan fingerprint density at radius 3 is 2.44 bits per heavy atom. The maximum atomic E-state index is 13.8. The van der Waals surface area contributed by atoms with Crippen LogP contribution in [0.4, 0.5) is 5.69 Å². The van der Waals surface area contributed by atoms with Crippen molar-refractivity contribution in [2.45, 2.75) is 32.9 Å². The van der Waals surface area contributed by atoms with Crippen molar-refractivity contribution in [1.29, 1.82) is 0 Å². The van der Waals surface area contributed by atoms with Gasteiger partial charge in [0.25, 0.3) is 11.8 Å². The van der Waals surface area contributed by atoms with Gasteiger partial charge in [0.2, 0.25) is 5.91 Å². The summed E-state index contributed by atoms with van der Waals surface area (Å²) < 4.78 is 3.95. The predicted octanol–water partition coefficient (Wildman–Crippen LogP) is 4.09. The molecule has 0 aliphatic heterocycles. The maximum absolute atomic E-state index is 13.8. The predicted molar refractivity (Wildman–Crippen MR) is 136 cm³/mol. The molecule has 3 aromatic rings. The van der Waals surface area contributed by atoms with Crippen LogP contribution in [-0.2, 0) is 11.3 Å². The number of hydrogen-bond acceptors (Lipinski definition) is 7. The number of rotatable bonds is 10. The van der Waals surface area contributed by atoms with Crippen LogP contribution in [0.1, 0.15) is 56.9 Å². The van der Waals surface area contributed by atoms with Gasteiger partial charge in [0.05, 0.1) is 12.2 Å². The van der Waals surface area contributed by atoms with Crippen LogP contribution in [0.5, 0.6) is 0 Å².